The first-order valence-corrected chi connectivity index (χ1v) is 4.12. The number of rotatable bonds is 5. The Morgan fingerprint density at radius 2 is 2.08 bits per heavy atom. The zero-order valence-electron chi connectivity index (χ0n) is 7.12. The molecule has 0 fully saturated rings. The molecule has 4 nitrogen and oxygen atoms in total. The molecule has 0 rings (SSSR count). The third-order valence-corrected chi connectivity index (χ3v) is 1.75. The normalized spacial score (nSPS) is 13.0. The molecule has 1 atom stereocenters. The van der Waals surface area contributed by atoms with Crippen LogP contribution in [0, 0.1) is 22.0 Å². The number of nitrogens with zero attached hydrogens (tertiary/aromatic N) is 1. The van der Waals surface area contributed by atoms with Gasteiger partial charge in [-0.25, -0.2) is 0 Å². The van der Waals surface area contributed by atoms with E-state index >= 15 is 0 Å². The van der Waals surface area contributed by atoms with Gasteiger partial charge >= 0.3 is 0 Å². The molecule has 12 heavy (non-hydrogen) atoms. The van der Waals surface area contributed by atoms with Gasteiger partial charge < -0.3 is 0 Å². The fraction of sp³-hybridized carbons (Fsp3) is 0.857. The van der Waals surface area contributed by atoms with Gasteiger partial charge in [-0.1, -0.05) is 13.8 Å². The highest BCUT2D eigenvalue weighted by molar-refractivity contribution is 6.64. The van der Waals surface area contributed by atoms with Crippen LogP contribution in [0.3, 0.4) is 0 Å². The summed E-state index contributed by atoms with van der Waals surface area (Å²) in [5.74, 6) is -0.390. The van der Waals surface area contributed by atoms with Crippen LogP contribution >= 0.6 is 11.6 Å². The molecule has 0 bridgehead atoms. The van der Waals surface area contributed by atoms with Gasteiger partial charge in [-0.05, 0) is 23.9 Å². The van der Waals surface area contributed by atoms with Crippen molar-refractivity contribution in [1.29, 1.82) is 0 Å². The van der Waals surface area contributed by atoms with Crippen molar-refractivity contribution in [2.45, 2.75) is 20.3 Å². The summed E-state index contributed by atoms with van der Waals surface area (Å²) in [4.78, 5) is 20.3. The molecule has 0 N–H and O–H groups in total. The highest BCUT2D eigenvalue weighted by atomic mass is 35.5. The lowest BCUT2D eigenvalue weighted by atomic mass is 9.98. The van der Waals surface area contributed by atoms with Crippen molar-refractivity contribution in [3.63, 3.8) is 0 Å². The molecule has 0 amide bonds. The smallest absolute Gasteiger partial charge is 0.231 e. The fourth-order valence-corrected chi connectivity index (χ4v) is 1.15. The number of nitro groups is 1. The summed E-state index contributed by atoms with van der Waals surface area (Å²) in [6.07, 6.45) is 0.476. The summed E-state index contributed by atoms with van der Waals surface area (Å²) in [6.45, 7) is 3.43. The molecule has 5 heteroatoms. The third-order valence-electron chi connectivity index (χ3n) is 1.45. The Morgan fingerprint density at radius 1 is 1.58 bits per heavy atom. The first-order chi connectivity index (χ1) is 5.43. The van der Waals surface area contributed by atoms with Crippen LogP contribution in [0.1, 0.15) is 20.3 Å². The molecular formula is C7H12ClNO3. The van der Waals surface area contributed by atoms with Crippen LogP contribution in [0.5, 0.6) is 0 Å². The van der Waals surface area contributed by atoms with E-state index in [1.54, 1.807) is 0 Å². The predicted molar refractivity (Wildman–Crippen MR) is 45.7 cm³/mol. The largest absolute Gasteiger partial charge is 0.281 e. The second-order valence-electron chi connectivity index (χ2n) is 3.15. The third kappa shape index (κ3) is 5.07. The van der Waals surface area contributed by atoms with Gasteiger partial charge in [-0.2, -0.15) is 0 Å². The Balaban J connectivity index is 4.04. The highest BCUT2D eigenvalue weighted by Gasteiger charge is 2.22. The van der Waals surface area contributed by atoms with Gasteiger partial charge in [-0.15, -0.1) is 0 Å². The van der Waals surface area contributed by atoms with Gasteiger partial charge in [0.15, 0.2) is 0 Å². The molecule has 0 aliphatic heterocycles. The zero-order chi connectivity index (χ0) is 9.72. The molecule has 70 valence electrons. The van der Waals surface area contributed by atoms with Gasteiger partial charge in [0.05, 0.1) is 5.92 Å². The van der Waals surface area contributed by atoms with Crippen molar-refractivity contribution in [1.82, 2.24) is 0 Å². The van der Waals surface area contributed by atoms with Crippen molar-refractivity contribution in [3.05, 3.63) is 10.1 Å². The summed E-state index contributed by atoms with van der Waals surface area (Å²) < 4.78 is 0. The van der Waals surface area contributed by atoms with Crippen LogP contribution in [0.4, 0.5) is 0 Å². The van der Waals surface area contributed by atoms with Gasteiger partial charge in [-0.3, -0.25) is 14.9 Å². The predicted octanol–water partition coefficient (Wildman–Crippen LogP) is 1.69. The van der Waals surface area contributed by atoms with Crippen LogP contribution in [0.15, 0.2) is 0 Å². The quantitative estimate of drug-likeness (QED) is 0.379. The maximum Gasteiger partial charge on any atom is 0.231 e. The van der Waals surface area contributed by atoms with E-state index in [4.69, 9.17) is 11.6 Å². The first kappa shape index (κ1) is 11.4. The summed E-state index contributed by atoms with van der Waals surface area (Å²) in [5.41, 5.74) is 0. The molecular weight excluding hydrogens is 182 g/mol. The second kappa shape index (κ2) is 5.09. The molecule has 0 saturated carbocycles. The number of carbonyl (C=O) groups is 1. The lowest BCUT2D eigenvalue weighted by Gasteiger charge is -2.09. The van der Waals surface area contributed by atoms with Crippen LogP contribution < -0.4 is 0 Å². The van der Waals surface area contributed by atoms with E-state index in [2.05, 4.69) is 0 Å². The van der Waals surface area contributed by atoms with Crippen molar-refractivity contribution >= 4 is 16.8 Å². The molecule has 1 unspecified atom stereocenters. The van der Waals surface area contributed by atoms with E-state index in [9.17, 15) is 14.9 Å². The average Bonchev–Trinajstić information content (AvgIpc) is 1.83. The molecule has 0 heterocycles. The van der Waals surface area contributed by atoms with Gasteiger partial charge in [0.2, 0.25) is 11.8 Å². The van der Waals surface area contributed by atoms with E-state index in [1.807, 2.05) is 13.8 Å². The molecule has 0 aromatic heterocycles. The molecule has 0 aromatic rings. The van der Waals surface area contributed by atoms with E-state index in [0.717, 1.165) is 0 Å². The lowest BCUT2D eigenvalue weighted by Crippen LogP contribution is -2.21. The number of halogens is 1. The van der Waals surface area contributed by atoms with Gasteiger partial charge in [0.25, 0.3) is 0 Å². The lowest BCUT2D eigenvalue weighted by molar-refractivity contribution is -0.485. The Hall–Kier alpha value is -0.640. The Kier molecular flexibility index (Phi) is 4.81. The fourth-order valence-electron chi connectivity index (χ4n) is 0.988. The van der Waals surface area contributed by atoms with Crippen molar-refractivity contribution in [3.8, 4) is 0 Å². The van der Waals surface area contributed by atoms with Crippen LogP contribution in [-0.2, 0) is 4.79 Å². The molecule has 0 aliphatic rings. The number of hydrogen-bond donors (Lipinski definition) is 0. The molecule has 0 radical (unpaired) electrons. The Labute approximate surface area is 76.0 Å². The van der Waals surface area contributed by atoms with E-state index in [1.165, 1.54) is 0 Å². The SMILES string of the molecule is CC(C)CC(C[N+](=O)[O-])C(=O)Cl. The molecule has 0 saturated heterocycles. The maximum absolute atomic E-state index is 10.7. The molecule has 0 aliphatic carbocycles. The van der Waals surface area contributed by atoms with Gasteiger partial charge in [0, 0.05) is 4.92 Å². The van der Waals surface area contributed by atoms with E-state index < -0.39 is 16.1 Å². The van der Waals surface area contributed by atoms with Crippen molar-refractivity contribution < 1.29 is 9.72 Å². The second-order valence-corrected chi connectivity index (χ2v) is 3.52. The van der Waals surface area contributed by atoms with E-state index in [-0.39, 0.29) is 12.5 Å². The highest BCUT2D eigenvalue weighted by Crippen LogP contribution is 2.14. The Bertz CT molecular complexity index is 181. The number of hydrogen-bond acceptors (Lipinski definition) is 3. The number of carbonyl (C=O) groups excluding carboxylic acids is 1. The summed E-state index contributed by atoms with van der Waals surface area (Å²) in [5, 5.41) is 9.48. The average molecular weight is 194 g/mol. The molecule has 0 spiro atoms. The summed E-state index contributed by atoms with van der Waals surface area (Å²) in [7, 11) is 0. The van der Waals surface area contributed by atoms with Crippen LogP contribution in [0.2, 0.25) is 0 Å². The van der Waals surface area contributed by atoms with Crippen LogP contribution in [0.25, 0.3) is 0 Å². The van der Waals surface area contributed by atoms with Crippen molar-refractivity contribution in [2.75, 3.05) is 6.54 Å². The summed E-state index contributed by atoms with van der Waals surface area (Å²) >= 11 is 5.19. The topological polar surface area (TPSA) is 60.2 Å². The zero-order valence-corrected chi connectivity index (χ0v) is 7.87. The minimum atomic E-state index is -0.637. The van der Waals surface area contributed by atoms with E-state index in [0.29, 0.717) is 6.42 Å². The minimum absolute atomic E-state index is 0.248. The maximum atomic E-state index is 10.7. The van der Waals surface area contributed by atoms with Gasteiger partial charge in [0.1, 0.15) is 0 Å². The van der Waals surface area contributed by atoms with Crippen LogP contribution in [-0.4, -0.2) is 16.7 Å². The standard InChI is InChI=1S/C7H12ClNO3/c1-5(2)3-6(7(8)10)4-9(11)12/h5-6H,3-4H2,1-2H3. The minimum Gasteiger partial charge on any atom is -0.281 e. The Morgan fingerprint density at radius 3 is 2.33 bits per heavy atom. The monoisotopic (exact) mass is 193 g/mol. The van der Waals surface area contributed by atoms with Crippen molar-refractivity contribution in [2.24, 2.45) is 11.8 Å². The summed E-state index contributed by atoms with van der Waals surface area (Å²) in [6, 6.07) is 0. The molecule has 0 aromatic carbocycles. The first-order valence-electron chi connectivity index (χ1n) is 3.74.